The van der Waals surface area contributed by atoms with Crippen LogP contribution in [0.4, 0.5) is 5.69 Å². The third kappa shape index (κ3) is 7.44. The van der Waals surface area contributed by atoms with Crippen molar-refractivity contribution in [2.75, 3.05) is 33.0 Å². The van der Waals surface area contributed by atoms with E-state index in [9.17, 15) is 19.2 Å². The maximum atomic E-state index is 13.2. The van der Waals surface area contributed by atoms with E-state index in [1.807, 2.05) is 7.05 Å². The maximum Gasteiger partial charge on any atom is 0.313 e. The van der Waals surface area contributed by atoms with Gasteiger partial charge in [-0.05, 0) is 44.9 Å². The molecule has 4 rings (SSSR count). The number of aromatic nitrogens is 2. The van der Waals surface area contributed by atoms with Gasteiger partial charge in [0.15, 0.2) is 5.01 Å². The molecule has 3 atom stereocenters. The topological polar surface area (TPSA) is 137 Å². The number of pyridine rings is 1. The second-order valence-electron chi connectivity index (χ2n) is 10.1. The molecule has 14 heteroatoms. The fourth-order valence-electron chi connectivity index (χ4n) is 4.81. The van der Waals surface area contributed by atoms with Gasteiger partial charge in [-0.2, -0.15) is 0 Å². The Morgan fingerprint density at radius 1 is 1.13 bits per heavy atom. The maximum absolute atomic E-state index is 13.2. The summed E-state index contributed by atoms with van der Waals surface area (Å²) < 4.78 is 0. The number of anilines is 1. The molecule has 3 N–H and O–H groups in total. The normalized spacial score (nSPS) is 20.7. The zero-order chi connectivity index (χ0) is 27.6. The minimum Gasteiger partial charge on any atom is -0.349 e. The average molecular weight is 599 g/mol. The van der Waals surface area contributed by atoms with Gasteiger partial charge in [0.05, 0.1) is 23.6 Å². The number of hydrogen-bond acceptors (Lipinski definition) is 8. The average Bonchev–Trinajstić information content (AvgIpc) is 3.29. The van der Waals surface area contributed by atoms with Gasteiger partial charge in [-0.15, -0.1) is 23.7 Å². The van der Waals surface area contributed by atoms with Crippen LogP contribution in [0.3, 0.4) is 0 Å². The van der Waals surface area contributed by atoms with E-state index < -0.39 is 23.9 Å². The lowest BCUT2D eigenvalue weighted by molar-refractivity contribution is -0.137. The van der Waals surface area contributed by atoms with Crippen molar-refractivity contribution in [3.05, 3.63) is 38.6 Å². The standard InChI is InChI=1S/C25H32ClN7O4S.ClH/c1-13-9-20(26)27-11-18(13)30-22(35)21(34)28-15-6-5-14(25(37)32(2)3)10-17(15)29-23(36)24-31-16-7-8-33(4)12-19(16)38-24;/h9,11,14-15,17H,5-8,10,12H2,1-4H3,(H,28,34)(H,29,36)(H,30,35);1H. The predicted octanol–water partition coefficient (Wildman–Crippen LogP) is 2.02. The van der Waals surface area contributed by atoms with Gasteiger partial charge < -0.3 is 25.8 Å². The third-order valence-electron chi connectivity index (χ3n) is 6.92. The number of thiazole rings is 1. The first kappa shape index (κ1) is 30.7. The van der Waals surface area contributed by atoms with Crippen LogP contribution >= 0.6 is 35.3 Å². The quantitative estimate of drug-likeness (QED) is 0.354. The van der Waals surface area contributed by atoms with Gasteiger partial charge in [-0.3, -0.25) is 19.2 Å². The number of likely N-dealkylation sites (N-methyl/N-ethyl adjacent to an activating group) is 1. The van der Waals surface area contributed by atoms with Gasteiger partial charge in [0.25, 0.3) is 5.91 Å². The molecule has 0 bridgehead atoms. The summed E-state index contributed by atoms with van der Waals surface area (Å²) in [5.74, 6) is -2.38. The third-order valence-corrected chi connectivity index (χ3v) is 8.21. The summed E-state index contributed by atoms with van der Waals surface area (Å²) in [6.07, 6.45) is 3.45. The molecular formula is C25H33Cl2N7O4S. The molecule has 2 aromatic heterocycles. The van der Waals surface area contributed by atoms with Gasteiger partial charge in [0.1, 0.15) is 5.15 Å². The molecule has 1 aliphatic heterocycles. The number of fused-ring (bicyclic) bond motifs is 1. The molecule has 1 fully saturated rings. The number of nitrogens with zero attached hydrogens (tertiary/aromatic N) is 4. The highest BCUT2D eigenvalue weighted by molar-refractivity contribution is 7.13. The van der Waals surface area contributed by atoms with Crippen molar-refractivity contribution in [1.29, 1.82) is 0 Å². The molecule has 2 aliphatic rings. The van der Waals surface area contributed by atoms with Crippen molar-refractivity contribution >= 4 is 64.7 Å². The molecule has 3 heterocycles. The lowest BCUT2D eigenvalue weighted by Gasteiger charge is -2.37. The fourth-order valence-corrected chi connectivity index (χ4v) is 6.11. The lowest BCUT2D eigenvalue weighted by Crippen LogP contribution is -2.57. The van der Waals surface area contributed by atoms with Gasteiger partial charge in [-0.1, -0.05) is 11.6 Å². The van der Waals surface area contributed by atoms with E-state index >= 15 is 0 Å². The van der Waals surface area contributed by atoms with Crippen LogP contribution in [-0.2, 0) is 27.3 Å². The Hall–Kier alpha value is -2.80. The minimum absolute atomic E-state index is 0. The van der Waals surface area contributed by atoms with Crippen LogP contribution in [0.15, 0.2) is 12.3 Å². The molecule has 0 radical (unpaired) electrons. The number of halogens is 2. The smallest absolute Gasteiger partial charge is 0.313 e. The number of aryl methyl sites for hydroxylation is 1. The van der Waals surface area contributed by atoms with Crippen LogP contribution < -0.4 is 16.0 Å². The van der Waals surface area contributed by atoms with Gasteiger partial charge in [0, 0.05) is 50.4 Å². The second-order valence-corrected chi connectivity index (χ2v) is 11.5. The predicted molar refractivity (Wildman–Crippen MR) is 151 cm³/mol. The molecule has 212 valence electrons. The molecule has 1 aliphatic carbocycles. The first-order chi connectivity index (χ1) is 18.0. The lowest BCUT2D eigenvalue weighted by atomic mass is 9.81. The first-order valence-corrected chi connectivity index (χ1v) is 13.6. The van der Waals surface area contributed by atoms with E-state index in [0.717, 1.165) is 30.1 Å². The Balaban J connectivity index is 0.00000420. The Labute approximate surface area is 242 Å². The molecule has 1 saturated carbocycles. The molecule has 11 nitrogen and oxygen atoms in total. The zero-order valence-electron chi connectivity index (χ0n) is 22.2. The molecule has 4 amide bonds. The monoisotopic (exact) mass is 597 g/mol. The zero-order valence-corrected chi connectivity index (χ0v) is 24.6. The van der Waals surface area contributed by atoms with Crippen LogP contribution in [-0.4, -0.2) is 83.2 Å². The van der Waals surface area contributed by atoms with E-state index in [0.29, 0.717) is 35.5 Å². The van der Waals surface area contributed by atoms with Crippen LogP contribution in [0.5, 0.6) is 0 Å². The minimum atomic E-state index is -0.856. The first-order valence-electron chi connectivity index (χ1n) is 12.4. The fraction of sp³-hybridized carbons (Fsp3) is 0.520. The van der Waals surface area contributed by atoms with Crippen LogP contribution in [0.25, 0.3) is 0 Å². The molecule has 3 unspecified atom stereocenters. The van der Waals surface area contributed by atoms with Crippen LogP contribution in [0.2, 0.25) is 5.15 Å². The van der Waals surface area contributed by atoms with Crippen LogP contribution in [0, 0.1) is 12.8 Å². The van der Waals surface area contributed by atoms with Crippen molar-refractivity contribution < 1.29 is 19.2 Å². The van der Waals surface area contributed by atoms with Crippen LogP contribution in [0.1, 0.15) is 45.2 Å². The summed E-state index contributed by atoms with van der Waals surface area (Å²) in [6, 6.07) is 0.496. The highest BCUT2D eigenvalue weighted by Crippen LogP contribution is 2.28. The SMILES string of the molecule is Cc1cc(Cl)ncc1NC(=O)C(=O)NC1CCC(C(=O)N(C)C)CC1NC(=O)c1nc2c(s1)CN(C)CC2.Cl. The second kappa shape index (κ2) is 13.0. The van der Waals surface area contributed by atoms with E-state index in [-0.39, 0.29) is 35.3 Å². The molecule has 2 aromatic rings. The van der Waals surface area contributed by atoms with Crippen molar-refractivity contribution in [2.45, 2.75) is 51.2 Å². The van der Waals surface area contributed by atoms with Gasteiger partial charge >= 0.3 is 11.8 Å². The van der Waals surface area contributed by atoms with Crippen molar-refractivity contribution in [1.82, 2.24) is 30.4 Å². The van der Waals surface area contributed by atoms with Crippen molar-refractivity contribution in [3.8, 4) is 0 Å². The summed E-state index contributed by atoms with van der Waals surface area (Å²) >= 11 is 7.23. The van der Waals surface area contributed by atoms with Crippen molar-refractivity contribution in [3.63, 3.8) is 0 Å². The van der Waals surface area contributed by atoms with E-state index in [1.165, 1.54) is 22.4 Å². The number of hydrogen-bond donors (Lipinski definition) is 3. The number of carbonyl (C=O) groups is 4. The van der Waals surface area contributed by atoms with E-state index in [4.69, 9.17) is 11.6 Å². The number of amides is 4. The number of carbonyl (C=O) groups excluding carboxylic acids is 4. The summed E-state index contributed by atoms with van der Waals surface area (Å²) in [7, 11) is 5.41. The Morgan fingerprint density at radius 2 is 1.87 bits per heavy atom. The summed E-state index contributed by atoms with van der Waals surface area (Å²) in [6.45, 7) is 3.38. The van der Waals surface area contributed by atoms with E-state index in [1.54, 1.807) is 27.1 Å². The molecule has 0 spiro atoms. The summed E-state index contributed by atoms with van der Waals surface area (Å²) in [4.78, 5) is 64.6. The van der Waals surface area contributed by atoms with Gasteiger partial charge in [0.2, 0.25) is 5.91 Å². The Kier molecular flexibility index (Phi) is 10.3. The molecule has 39 heavy (non-hydrogen) atoms. The Morgan fingerprint density at radius 3 is 2.56 bits per heavy atom. The molecule has 0 saturated heterocycles. The molecule has 0 aromatic carbocycles. The molecular weight excluding hydrogens is 565 g/mol. The highest BCUT2D eigenvalue weighted by atomic mass is 35.5. The largest absolute Gasteiger partial charge is 0.349 e. The summed E-state index contributed by atoms with van der Waals surface area (Å²) in [5.41, 5.74) is 1.98. The highest BCUT2D eigenvalue weighted by Gasteiger charge is 2.37. The van der Waals surface area contributed by atoms with E-state index in [2.05, 4.69) is 30.8 Å². The number of nitrogens with one attached hydrogen (secondary N) is 3. The summed E-state index contributed by atoms with van der Waals surface area (Å²) in [5, 5.41) is 8.94. The van der Waals surface area contributed by atoms with Crippen molar-refractivity contribution in [2.24, 2.45) is 5.92 Å². The van der Waals surface area contributed by atoms with Gasteiger partial charge in [-0.25, -0.2) is 9.97 Å². The Bertz CT molecular complexity index is 1260. The number of rotatable bonds is 5.